The van der Waals surface area contributed by atoms with Crippen molar-refractivity contribution in [3.8, 4) is 5.75 Å². The molecule has 126 valence electrons. The zero-order valence-electron chi connectivity index (χ0n) is 13.4. The van der Waals surface area contributed by atoms with Gasteiger partial charge in [0.1, 0.15) is 5.75 Å². The molecule has 2 heterocycles. The van der Waals surface area contributed by atoms with Gasteiger partial charge in [0.15, 0.2) is 0 Å². The monoisotopic (exact) mass is 323 g/mol. The van der Waals surface area contributed by atoms with Crippen molar-refractivity contribution in [3.05, 3.63) is 41.5 Å². The minimum Gasteiger partial charge on any atom is -0.435 e. The summed E-state index contributed by atoms with van der Waals surface area (Å²) < 4.78 is 35.1. The van der Waals surface area contributed by atoms with Crippen LogP contribution < -0.4 is 4.74 Å². The number of hydrogen-bond donors (Lipinski definition) is 0. The number of piperidine rings is 1. The Morgan fingerprint density at radius 3 is 2.78 bits per heavy atom. The summed E-state index contributed by atoms with van der Waals surface area (Å²) >= 11 is 0. The maximum atomic E-state index is 12.3. The van der Waals surface area contributed by atoms with Crippen LogP contribution in [0.15, 0.2) is 35.9 Å². The van der Waals surface area contributed by atoms with Gasteiger partial charge in [-0.3, -0.25) is 4.90 Å². The number of alkyl halides is 2. The standard InChI is InChI=1S/C18H23F2NO2/c1-14-5-10-22-18(12-14)6-8-21(9-7-18)13-15-3-2-4-16(11-15)23-17(19)20/h2-4,11-12,17H,5-10,13H2,1H3. The minimum absolute atomic E-state index is 0.0839. The summed E-state index contributed by atoms with van der Waals surface area (Å²) in [6.45, 7) is 2.85. The maximum absolute atomic E-state index is 12.3. The molecule has 5 heteroatoms. The van der Waals surface area contributed by atoms with E-state index in [4.69, 9.17) is 4.74 Å². The molecular weight excluding hydrogens is 300 g/mol. The highest BCUT2D eigenvalue weighted by atomic mass is 19.3. The van der Waals surface area contributed by atoms with Crippen LogP contribution in [0.4, 0.5) is 8.78 Å². The summed E-state index contributed by atoms with van der Waals surface area (Å²) in [6, 6.07) is 6.96. The van der Waals surface area contributed by atoms with Gasteiger partial charge in [-0.25, -0.2) is 0 Å². The van der Waals surface area contributed by atoms with Crippen LogP contribution in [0.3, 0.4) is 0 Å². The van der Waals surface area contributed by atoms with E-state index in [1.807, 2.05) is 6.07 Å². The summed E-state index contributed by atoms with van der Waals surface area (Å²) in [5, 5.41) is 0. The SMILES string of the molecule is CC1=CC2(CCN(Cc3cccc(OC(F)F)c3)CC2)OCC1. The number of ether oxygens (including phenoxy) is 2. The van der Waals surface area contributed by atoms with E-state index in [2.05, 4.69) is 22.6 Å². The molecule has 0 bridgehead atoms. The Morgan fingerprint density at radius 2 is 2.09 bits per heavy atom. The number of likely N-dealkylation sites (tertiary alicyclic amines) is 1. The van der Waals surface area contributed by atoms with E-state index in [-0.39, 0.29) is 11.4 Å². The van der Waals surface area contributed by atoms with Gasteiger partial charge in [-0.05, 0) is 43.9 Å². The predicted octanol–water partition coefficient (Wildman–Crippen LogP) is 3.99. The fourth-order valence-corrected chi connectivity index (χ4v) is 3.43. The lowest BCUT2D eigenvalue weighted by Gasteiger charge is -2.42. The molecular formula is C18H23F2NO2. The highest BCUT2D eigenvalue weighted by Gasteiger charge is 2.35. The van der Waals surface area contributed by atoms with E-state index in [1.165, 1.54) is 5.57 Å². The van der Waals surface area contributed by atoms with Crippen LogP contribution in [-0.2, 0) is 11.3 Å². The molecule has 0 atom stereocenters. The average Bonchev–Trinajstić information content (AvgIpc) is 2.50. The van der Waals surface area contributed by atoms with Gasteiger partial charge < -0.3 is 9.47 Å². The van der Waals surface area contributed by atoms with Crippen molar-refractivity contribution in [1.29, 1.82) is 0 Å². The largest absolute Gasteiger partial charge is 0.435 e. The fourth-order valence-electron chi connectivity index (χ4n) is 3.43. The lowest BCUT2D eigenvalue weighted by atomic mass is 9.87. The van der Waals surface area contributed by atoms with Crippen LogP contribution in [0.1, 0.15) is 31.7 Å². The molecule has 1 aromatic carbocycles. The lowest BCUT2D eigenvalue weighted by Crippen LogP contribution is -2.46. The van der Waals surface area contributed by atoms with Crippen LogP contribution >= 0.6 is 0 Å². The van der Waals surface area contributed by atoms with E-state index >= 15 is 0 Å². The quantitative estimate of drug-likeness (QED) is 0.782. The summed E-state index contributed by atoms with van der Waals surface area (Å²) in [5.74, 6) is 0.222. The Kier molecular flexibility index (Phi) is 4.97. The van der Waals surface area contributed by atoms with Crippen LogP contribution in [0, 0.1) is 0 Å². The van der Waals surface area contributed by atoms with E-state index in [1.54, 1.807) is 18.2 Å². The van der Waals surface area contributed by atoms with Crippen LogP contribution in [0.5, 0.6) is 5.75 Å². The number of halogens is 2. The molecule has 1 aromatic rings. The number of benzene rings is 1. The number of hydrogen-bond acceptors (Lipinski definition) is 3. The molecule has 1 fully saturated rings. The van der Waals surface area contributed by atoms with Crippen LogP contribution in [0.25, 0.3) is 0 Å². The molecule has 1 saturated heterocycles. The van der Waals surface area contributed by atoms with E-state index in [9.17, 15) is 8.78 Å². The minimum atomic E-state index is -2.78. The van der Waals surface area contributed by atoms with Crippen molar-refractivity contribution in [2.24, 2.45) is 0 Å². The zero-order chi connectivity index (χ0) is 16.3. The number of rotatable bonds is 4. The molecule has 0 N–H and O–H groups in total. The topological polar surface area (TPSA) is 21.7 Å². The molecule has 1 spiro atoms. The first-order chi connectivity index (χ1) is 11.0. The molecule has 3 rings (SSSR count). The fraction of sp³-hybridized carbons (Fsp3) is 0.556. The third-order valence-electron chi connectivity index (χ3n) is 4.63. The predicted molar refractivity (Wildman–Crippen MR) is 84.6 cm³/mol. The smallest absolute Gasteiger partial charge is 0.387 e. The second kappa shape index (κ2) is 6.97. The van der Waals surface area contributed by atoms with Crippen molar-refractivity contribution >= 4 is 0 Å². The Balaban J connectivity index is 1.58. The molecule has 2 aliphatic rings. The molecule has 0 unspecified atom stereocenters. The second-order valence-corrected chi connectivity index (χ2v) is 6.46. The van der Waals surface area contributed by atoms with Gasteiger partial charge in [0.25, 0.3) is 0 Å². The van der Waals surface area contributed by atoms with Crippen molar-refractivity contribution < 1.29 is 18.3 Å². The van der Waals surface area contributed by atoms with Crippen molar-refractivity contribution in [1.82, 2.24) is 4.90 Å². The Bertz CT molecular complexity index is 566. The summed E-state index contributed by atoms with van der Waals surface area (Å²) in [6.07, 6.45) is 5.29. The molecule has 0 saturated carbocycles. The third-order valence-corrected chi connectivity index (χ3v) is 4.63. The first kappa shape index (κ1) is 16.4. The molecule has 0 radical (unpaired) electrons. The Labute approximate surface area is 135 Å². The van der Waals surface area contributed by atoms with Gasteiger partial charge in [-0.1, -0.05) is 23.8 Å². The van der Waals surface area contributed by atoms with Crippen molar-refractivity contribution in [3.63, 3.8) is 0 Å². The molecule has 0 aromatic heterocycles. The molecule has 0 amide bonds. The molecule has 2 aliphatic heterocycles. The highest BCUT2D eigenvalue weighted by Crippen LogP contribution is 2.33. The third kappa shape index (κ3) is 4.30. The Morgan fingerprint density at radius 1 is 1.30 bits per heavy atom. The maximum Gasteiger partial charge on any atom is 0.387 e. The normalized spacial score (nSPS) is 21.5. The highest BCUT2D eigenvalue weighted by molar-refractivity contribution is 5.28. The molecule has 23 heavy (non-hydrogen) atoms. The summed E-state index contributed by atoms with van der Waals surface area (Å²) in [7, 11) is 0. The molecule has 0 aliphatic carbocycles. The lowest BCUT2D eigenvalue weighted by molar-refractivity contribution is -0.0579. The van der Waals surface area contributed by atoms with Gasteiger partial charge in [0.2, 0.25) is 0 Å². The van der Waals surface area contributed by atoms with E-state index < -0.39 is 6.61 Å². The van der Waals surface area contributed by atoms with Gasteiger partial charge in [-0.15, -0.1) is 0 Å². The van der Waals surface area contributed by atoms with Gasteiger partial charge in [-0.2, -0.15) is 8.78 Å². The second-order valence-electron chi connectivity index (χ2n) is 6.46. The first-order valence-corrected chi connectivity index (χ1v) is 8.13. The van der Waals surface area contributed by atoms with Gasteiger partial charge >= 0.3 is 6.61 Å². The summed E-state index contributed by atoms with van der Waals surface area (Å²) in [5.41, 5.74) is 2.33. The van der Waals surface area contributed by atoms with Gasteiger partial charge in [0.05, 0.1) is 12.2 Å². The van der Waals surface area contributed by atoms with E-state index in [0.717, 1.165) is 51.1 Å². The van der Waals surface area contributed by atoms with Gasteiger partial charge in [0, 0.05) is 19.6 Å². The van der Waals surface area contributed by atoms with E-state index in [0.29, 0.717) is 0 Å². The van der Waals surface area contributed by atoms with Crippen LogP contribution in [0.2, 0.25) is 0 Å². The zero-order valence-corrected chi connectivity index (χ0v) is 13.4. The average molecular weight is 323 g/mol. The number of nitrogens with zero attached hydrogens (tertiary/aromatic N) is 1. The summed E-state index contributed by atoms with van der Waals surface area (Å²) in [4.78, 5) is 2.34. The van der Waals surface area contributed by atoms with Crippen molar-refractivity contribution in [2.45, 2.75) is 44.9 Å². The van der Waals surface area contributed by atoms with Crippen molar-refractivity contribution in [2.75, 3.05) is 19.7 Å². The molecule has 3 nitrogen and oxygen atoms in total. The first-order valence-electron chi connectivity index (χ1n) is 8.13. The Hall–Kier alpha value is -1.46. The van der Waals surface area contributed by atoms with Crippen LogP contribution in [-0.4, -0.2) is 36.8 Å².